The van der Waals surface area contributed by atoms with Crippen LogP contribution in [-0.2, 0) is 0 Å². The second-order valence-electron chi connectivity index (χ2n) is 8.46. The fourth-order valence-electron chi connectivity index (χ4n) is 4.27. The van der Waals surface area contributed by atoms with Gasteiger partial charge >= 0.3 is 0 Å². The van der Waals surface area contributed by atoms with Crippen LogP contribution in [0.25, 0.3) is 29.1 Å². The summed E-state index contributed by atoms with van der Waals surface area (Å²) in [4.78, 5) is 3.52. The maximum Gasteiger partial charge on any atom is 0.0470 e. The molecular formula is C31H41N. The number of fused-ring (bicyclic) bond motifs is 1. The van der Waals surface area contributed by atoms with Gasteiger partial charge in [0.2, 0.25) is 0 Å². The third-order valence-corrected chi connectivity index (χ3v) is 5.81. The molecule has 0 unspecified atom stereocenters. The molecule has 1 aromatic heterocycles. The van der Waals surface area contributed by atoms with Crippen LogP contribution in [0, 0.1) is 0 Å². The molecule has 1 aliphatic rings. The van der Waals surface area contributed by atoms with Crippen LogP contribution in [-0.4, -0.2) is 4.98 Å². The zero-order valence-electron chi connectivity index (χ0n) is 21.1. The highest BCUT2D eigenvalue weighted by Gasteiger charge is 2.11. The molecule has 1 nitrogen and oxygen atoms in total. The van der Waals surface area contributed by atoms with Gasteiger partial charge < -0.3 is 4.98 Å². The van der Waals surface area contributed by atoms with Gasteiger partial charge in [0, 0.05) is 21.5 Å². The maximum absolute atomic E-state index is 4.30. The number of benzene rings is 1. The Morgan fingerprint density at radius 3 is 2.47 bits per heavy atom. The molecule has 1 aliphatic carbocycles. The first kappa shape index (κ1) is 25.5. The molecule has 0 aliphatic heterocycles. The molecule has 0 radical (unpaired) electrons. The van der Waals surface area contributed by atoms with E-state index in [1.807, 2.05) is 19.9 Å². The van der Waals surface area contributed by atoms with E-state index in [1.165, 1.54) is 44.0 Å². The van der Waals surface area contributed by atoms with Crippen LogP contribution >= 0.6 is 0 Å². The monoisotopic (exact) mass is 427 g/mol. The van der Waals surface area contributed by atoms with Crippen LogP contribution in [0.2, 0.25) is 0 Å². The summed E-state index contributed by atoms with van der Waals surface area (Å²) in [6, 6.07) is 6.80. The largest absolute Gasteiger partial charge is 0.355 e. The van der Waals surface area contributed by atoms with E-state index >= 15 is 0 Å². The summed E-state index contributed by atoms with van der Waals surface area (Å²) in [6.07, 6.45) is 16.7. The Labute approximate surface area is 195 Å². The first-order chi connectivity index (χ1) is 15.4. The van der Waals surface area contributed by atoms with Crippen molar-refractivity contribution in [3.05, 3.63) is 87.5 Å². The Balaban J connectivity index is 0.00000176. The van der Waals surface area contributed by atoms with Gasteiger partial charge in [-0.3, -0.25) is 0 Å². The Hall–Kier alpha value is -2.80. The van der Waals surface area contributed by atoms with E-state index in [-0.39, 0.29) is 0 Å². The lowest BCUT2D eigenvalue weighted by Gasteiger charge is -2.15. The van der Waals surface area contributed by atoms with E-state index in [9.17, 15) is 0 Å². The molecule has 0 saturated carbocycles. The van der Waals surface area contributed by atoms with Crippen molar-refractivity contribution >= 4 is 29.1 Å². The van der Waals surface area contributed by atoms with Crippen molar-refractivity contribution in [1.82, 2.24) is 4.98 Å². The molecule has 32 heavy (non-hydrogen) atoms. The summed E-state index contributed by atoms with van der Waals surface area (Å²) in [5, 5.41) is 3.41. The first-order valence-corrected chi connectivity index (χ1v) is 12.1. The third kappa shape index (κ3) is 6.13. The summed E-state index contributed by atoms with van der Waals surface area (Å²) in [5.41, 5.74) is 9.29. The highest BCUT2D eigenvalue weighted by Crippen LogP contribution is 2.31. The Kier molecular flexibility index (Phi) is 9.78. The molecule has 0 fully saturated rings. The molecule has 0 spiro atoms. The molecule has 0 amide bonds. The minimum absolute atomic E-state index is 0.977. The highest BCUT2D eigenvalue weighted by molar-refractivity contribution is 5.89. The van der Waals surface area contributed by atoms with E-state index in [0.29, 0.717) is 0 Å². The number of aromatic amines is 1. The van der Waals surface area contributed by atoms with Crippen molar-refractivity contribution in [1.29, 1.82) is 0 Å². The van der Waals surface area contributed by atoms with Gasteiger partial charge in [0.1, 0.15) is 0 Å². The lowest BCUT2D eigenvalue weighted by molar-refractivity contribution is 0.992. The third-order valence-electron chi connectivity index (χ3n) is 5.81. The molecule has 1 heteroatoms. The van der Waals surface area contributed by atoms with Gasteiger partial charge in [0.05, 0.1) is 0 Å². The van der Waals surface area contributed by atoms with Gasteiger partial charge in [-0.2, -0.15) is 0 Å². The predicted octanol–water partition coefficient (Wildman–Crippen LogP) is 8.15. The van der Waals surface area contributed by atoms with Crippen molar-refractivity contribution in [2.75, 3.05) is 0 Å². The van der Waals surface area contributed by atoms with Crippen molar-refractivity contribution in [3.8, 4) is 0 Å². The Bertz CT molecular complexity index is 1170. The van der Waals surface area contributed by atoms with E-state index in [1.54, 1.807) is 0 Å². The first-order valence-electron chi connectivity index (χ1n) is 12.1. The molecule has 0 saturated heterocycles. The van der Waals surface area contributed by atoms with Crippen LogP contribution in [0.4, 0.5) is 0 Å². The molecule has 3 rings (SSSR count). The van der Waals surface area contributed by atoms with Gasteiger partial charge in [-0.1, -0.05) is 69.4 Å². The van der Waals surface area contributed by atoms with E-state index in [0.717, 1.165) is 43.0 Å². The molecule has 1 N–H and O–H groups in total. The van der Waals surface area contributed by atoms with Crippen LogP contribution in [0.1, 0.15) is 79.2 Å². The molecular weight excluding hydrogens is 386 g/mol. The maximum atomic E-state index is 4.30. The summed E-state index contributed by atoms with van der Waals surface area (Å²) in [7, 11) is 0. The van der Waals surface area contributed by atoms with Gasteiger partial charge in [0.15, 0.2) is 0 Å². The summed E-state index contributed by atoms with van der Waals surface area (Å²) >= 11 is 0. The highest BCUT2D eigenvalue weighted by atomic mass is 14.7. The minimum atomic E-state index is 0.977. The normalized spacial score (nSPS) is 14.8. The van der Waals surface area contributed by atoms with Crippen LogP contribution in [0.5, 0.6) is 0 Å². The SMILES string of the molecule is C=CCC/C(C=C(C)C)=C(C)\C=c1/c(=C)[nH]c2cc(C3=CCCC=C3CC)ccc12.CC. The van der Waals surface area contributed by atoms with Gasteiger partial charge in [-0.25, -0.2) is 0 Å². The number of allylic oxidation sites excluding steroid dienone is 9. The van der Waals surface area contributed by atoms with Gasteiger partial charge in [-0.05, 0) is 92.9 Å². The van der Waals surface area contributed by atoms with Crippen molar-refractivity contribution in [2.24, 2.45) is 0 Å². The second-order valence-corrected chi connectivity index (χ2v) is 8.46. The molecule has 170 valence electrons. The number of hydrogen-bond donors (Lipinski definition) is 1. The molecule has 2 aromatic rings. The molecule has 0 atom stereocenters. The average molecular weight is 428 g/mol. The average Bonchev–Trinajstić information content (AvgIpc) is 3.11. The molecule has 1 aromatic carbocycles. The van der Waals surface area contributed by atoms with Crippen LogP contribution in [0.3, 0.4) is 0 Å². The number of nitrogens with one attached hydrogen (secondary N) is 1. The summed E-state index contributed by atoms with van der Waals surface area (Å²) in [5.74, 6) is 0. The fraction of sp³-hybridized carbons (Fsp3) is 0.355. The summed E-state index contributed by atoms with van der Waals surface area (Å²) in [6.45, 7) is 20.9. The quantitative estimate of drug-likeness (QED) is 0.339. The smallest absolute Gasteiger partial charge is 0.0470 e. The number of aromatic nitrogens is 1. The van der Waals surface area contributed by atoms with Crippen LogP contribution in [0.15, 0.2) is 71.4 Å². The Morgan fingerprint density at radius 1 is 1.09 bits per heavy atom. The fourth-order valence-corrected chi connectivity index (χ4v) is 4.27. The predicted molar refractivity (Wildman–Crippen MR) is 146 cm³/mol. The van der Waals surface area contributed by atoms with E-state index in [4.69, 9.17) is 0 Å². The van der Waals surface area contributed by atoms with Crippen molar-refractivity contribution < 1.29 is 0 Å². The van der Waals surface area contributed by atoms with Crippen molar-refractivity contribution in [3.63, 3.8) is 0 Å². The number of hydrogen-bond acceptors (Lipinski definition) is 0. The van der Waals surface area contributed by atoms with E-state index < -0.39 is 0 Å². The second kappa shape index (κ2) is 12.3. The lowest BCUT2D eigenvalue weighted by atomic mass is 9.90. The summed E-state index contributed by atoms with van der Waals surface area (Å²) < 4.78 is 0. The van der Waals surface area contributed by atoms with Crippen LogP contribution < -0.4 is 10.6 Å². The zero-order valence-corrected chi connectivity index (χ0v) is 21.1. The molecule has 1 heterocycles. The van der Waals surface area contributed by atoms with E-state index in [2.05, 4.69) is 88.3 Å². The van der Waals surface area contributed by atoms with Gasteiger partial charge in [-0.15, -0.1) is 6.58 Å². The zero-order chi connectivity index (χ0) is 23.7. The topological polar surface area (TPSA) is 15.8 Å². The standard InChI is InChI=1S/C29H35N.C2H6/c1-7-9-12-24(17-20(3)4)21(5)18-28-22(6)30-29-19-25(15-16-27(28)29)26-14-11-10-13-23(26)8-2;1-2/h7,13-19,30H,1,6,8-12H2,2-5H3;1-2H3/b24-21+,28-18+;. The van der Waals surface area contributed by atoms with Crippen molar-refractivity contribution in [2.45, 2.75) is 73.6 Å². The minimum Gasteiger partial charge on any atom is -0.355 e. The lowest BCUT2D eigenvalue weighted by Crippen LogP contribution is -2.20. The number of rotatable bonds is 7. The Morgan fingerprint density at radius 2 is 1.81 bits per heavy atom. The van der Waals surface area contributed by atoms with Gasteiger partial charge in [0.25, 0.3) is 0 Å². The number of H-pyrrole nitrogens is 1. The molecule has 0 bridgehead atoms.